The van der Waals surface area contributed by atoms with Gasteiger partial charge in [0.2, 0.25) is 0 Å². The molecule has 0 aromatic heterocycles. The Morgan fingerprint density at radius 1 is 1.27 bits per heavy atom. The van der Waals surface area contributed by atoms with Gasteiger partial charge >= 0.3 is 0 Å². The minimum Gasteiger partial charge on any atom is -0.0625 e. The van der Waals surface area contributed by atoms with Crippen molar-refractivity contribution in [3.8, 4) is 0 Å². The first-order chi connectivity index (χ1) is 5.02. The molecular weight excluding hydrogens is 132 g/mol. The highest BCUT2D eigenvalue weighted by Crippen LogP contribution is 2.65. The van der Waals surface area contributed by atoms with Crippen LogP contribution in [-0.2, 0) is 0 Å². The van der Waals surface area contributed by atoms with Crippen molar-refractivity contribution in [2.45, 2.75) is 40.5 Å². The third kappa shape index (κ3) is 1.02. The summed E-state index contributed by atoms with van der Waals surface area (Å²) in [5.41, 5.74) is 0.655. The second-order valence-corrected chi connectivity index (χ2v) is 5.62. The molecule has 0 aliphatic heterocycles. The maximum absolute atomic E-state index is 2.46. The summed E-state index contributed by atoms with van der Waals surface area (Å²) in [6.07, 6.45) is 3.05. The quantitative estimate of drug-likeness (QED) is 0.540. The van der Waals surface area contributed by atoms with Gasteiger partial charge in [0.1, 0.15) is 0 Å². The van der Waals surface area contributed by atoms with E-state index in [9.17, 15) is 0 Å². The molecule has 2 fully saturated rings. The van der Waals surface area contributed by atoms with Crippen molar-refractivity contribution in [2.24, 2.45) is 29.1 Å². The smallest absolute Gasteiger partial charge is 0.0308 e. The molecule has 0 heteroatoms. The van der Waals surface area contributed by atoms with Gasteiger partial charge in [-0.15, -0.1) is 0 Å². The molecule has 2 rings (SSSR count). The van der Waals surface area contributed by atoms with Crippen LogP contribution in [0.25, 0.3) is 0 Å². The van der Waals surface area contributed by atoms with E-state index in [4.69, 9.17) is 0 Å². The zero-order valence-corrected chi connectivity index (χ0v) is 8.22. The van der Waals surface area contributed by atoms with E-state index < -0.39 is 0 Å². The fourth-order valence-electron chi connectivity index (χ4n) is 3.73. The third-order valence-corrected chi connectivity index (χ3v) is 3.85. The summed E-state index contributed by atoms with van der Waals surface area (Å²) >= 11 is 0. The Balaban J connectivity index is 2.15. The van der Waals surface area contributed by atoms with Gasteiger partial charge in [0, 0.05) is 0 Å². The Morgan fingerprint density at radius 2 is 1.91 bits per heavy atom. The molecule has 0 spiro atoms. The number of hydrogen-bond donors (Lipinski definition) is 0. The normalized spacial score (nSPS) is 46.1. The van der Waals surface area contributed by atoms with Gasteiger partial charge in [-0.2, -0.15) is 0 Å². The van der Waals surface area contributed by atoms with E-state index in [0.29, 0.717) is 5.41 Å². The number of hydrogen-bond acceptors (Lipinski definition) is 0. The summed E-state index contributed by atoms with van der Waals surface area (Å²) in [5, 5.41) is 0. The van der Waals surface area contributed by atoms with E-state index in [0.717, 1.165) is 23.7 Å². The Kier molecular flexibility index (Phi) is 1.41. The highest BCUT2D eigenvalue weighted by atomic mass is 14.6. The van der Waals surface area contributed by atoms with Crippen LogP contribution in [0.5, 0.6) is 0 Å². The van der Waals surface area contributed by atoms with Crippen LogP contribution in [-0.4, -0.2) is 0 Å². The fourth-order valence-corrected chi connectivity index (χ4v) is 3.73. The summed E-state index contributed by atoms with van der Waals surface area (Å²) < 4.78 is 0. The minimum atomic E-state index is 0.655. The molecule has 0 saturated heterocycles. The lowest BCUT2D eigenvalue weighted by Gasteiger charge is -2.33. The monoisotopic (exact) mass is 152 g/mol. The highest BCUT2D eigenvalue weighted by molar-refractivity contribution is 5.06. The molecule has 0 amide bonds. The Morgan fingerprint density at radius 3 is 2.18 bits per heavy atom. The third-order valence-electron chi connectivity index (χ3n) is 3.85. The van der Waals surface area contributed by atoms with Crippen molar-refractivity contribution in [1.29, 1.82) is 0 Å². The zero-order chi connectivity index (χ0) is 8.22. The molecule has 64 valence electrons. The van der Waals surface area contributed by atoms with Gasteiger partial charge in [-0.05, 0) is 41.9 Å². The van der Waals surface area contributed by atoms with Crippen LogP contribution in [0.2, 0.25) is 0 Å². The van der Waals surface area contributed by atoms with Crippen molar-refractivity contribution < 1.29 is 0 Å². The molecule has 0 aromatic carbocycles. The lowest BCUT2D eigenvalue weighted by Crippen LogP contribution is -2.25. The number of rotatable bonds is 1. The first-order valence-electron chi connectivity index (χ1n) is 5.02. The molecule has 0 aromatic rings. The van der Waals surface area contributed by atoms with Crippen molar-refractivity contribution in [3.63, 3.8) is 0 Å². The van der Waals surface area contributed by atoms with Gasteiger partial charge in [-0.3, -0.25) is 0 Å². The second kappa shape index (κ2) is 2.02. The number of fused-ring (bicyclic) bond motifs is 1. The van der Waals surface area contributed by atoms with Crippen molar-refractivity contribution >= 4 is 0 Å². The zero-order valence-electron chi connectivity index (χ0n) is 8.22. The first kappa shape index (κ1) is 7.64. The van der Waals surface area contributed by atoms with E-state index >= 15 is 0 Å². The molecule has 3 unspecified atom stereocenters. The van der Waals surface area contributed by atoms with Gasteiger partial charge < -0.3 is 0 Å². The van der Waals surface area contributed by atoms with Gasteiger partial charge in [0.05, 0.1) is 0 Å². The van der Waals surface area contributed by atoms with Crippen LogP contribution in [0.4, 0.5) is 0 Å². The minimum absolute atomic E-state index is 0.655. The highest BCUT2D eigenvalue weighted by Gasteiger charge is 2.57. The van der Waals surface area contributed by atoms with E-state index in [1.54, 1.807) is 6.42 Å². The van der Waals surface area contributed by atoms with Crippen LogP contribution in [0.15, 0.2) is 0 Å². The van der Waals surface area contributed by atoms with E-state index in [1.165, 1.54) is 6.42 Å². The maximum atomic E-state index is 2.46. The van der Waals surface area contributed by atoms with Gasteiger partial charge in [-0.25, -0.2) is 0 Å². The average Bonchev–Trinajstić information content (AvgIpc) is 2.39. The van der Waals surface area contributed by atoms with E-state index in [2.05, 4.69) is 27.7 Å². The summed E-state index contributed by atoms with van der Waals surface area (Å²) in [5.74, 6) is 4.16. The van der Waals surface area contributed by atoms with Crippen LogP contribution in [0.3, 0.4) is 0 Å². The Bertz CT molecular complexity index is 167. The predicted molar refractivity (Wildman–Crippen MR) is 48.3 cm³/mol. The van der Waals surface area contributed by atoms with Crippen molar-refractivity contribution in [1.82, 2.24) is 0 Å². The van der Waals surface area contributed by atoms with Crippen molar-refractivity contribution in [3.05, 3.63) is 0 Å². The maximum Gasteiger partial charge on any atom is -0.0308 e. The van der Waals surface area contributed by atoms with Crippen molar-refractivity contribution in [2.75, 3.05) is 0 Å². The molecule has 2 saturated carbocycles. The van der Waals surface area contributed by atoms with E-state index in [1.807, 2.05) is 0 Å². The Labute approximate surface area is 70.4 Å². The largest absolute Gasteiger partial charge is 0.0625 e. The topological polar surface area (TPSA) is 0 Å². The SMILES string of the molecule is CC(C)C1C2CC2CC1(C)C. The molecule has 0 radical (unpaired) electrons. The fraction of sp³-hybridized carbons (Fsp3) is 1.00. The molecule has 2 aliphatic carbocycles. The molecule has 11 heavy (non-hydrogen) atoms. The molecule has 0 bridgehead atoms. The van der Waals surface area contributed by atoms with Gasteiger partial charge in [-0.1, -0.05) is 27.7 Å². The van der Waals surface area contributed by atoms with E-state index in [-0.39, 0.29) is 0 Å². The second-order valence-electron chi connectivity index (χ2n) is 5.62. The molecule has 0 N–H and O–H groups in total. The standard InChI is InChI=1S/C11H20/c1-7(2)10-9-5-8(9)6-11(10,3)4/h7-10H,5-6H2,1-4H3. The molecule has 3 atom stereocenters. The summed E-state index contributed by atoms with van der Waals surface area (Å²) in [7, 11) is 0. The van der Waals surface area contributed by atoms with Gasteiger partial charge in [0.15, 0.2) is 0 Å². The van der Waals surface area contributed by atoms with Crippen LogP contribution >= 0.6 is 0 Å². The summed E-state index contributed by atoms with van der Waals surface area (Å²) in [6, 6.07) is 0. The molecule has 0 heterocycles. The molecular formula is C11H20. The van der Waals surface area contributed by atoms with Crippen LogP contribution < -0.4 is 0 Å². The summed E-state index contributed by atoms with van der Waals surface area (Å²) in [6.45, 7) is 9.72. The van der Waals surface area contributed by atoms with Crippen LogP contribution in [0, 0.1) is 29.1 Å². The lowest BCUT2D eigenvalue weighted by atomic mass is 9.72. The summed E-state index contributed by atoms with van der Waals surface area (Å²) in [4.78, 5) is 0. The Hall–Kier alpha value is 0. The average molecular weight is 152 g/mol. The van der Waals surface area contributed by atoms with Crippen LogP contribution in [0.1, 0.15) is 40.5 Å². The first-order valence-corrected chi connectivity index (χ1v) is 5.02. The molecule has 0 nitrogen and oxygen atoms in total. The lowest BCUT2D eigenvalue weighted by molar-refractivity contribution is 0.163. The van der Waals surface area contributed by atoms with Gasteiger partial charge in [0.25, 0.3) is 0 Å². The predicted octanol–water partition coefficient (Wildman–Crippen LogP) is 3.32. The molecule has 2 aliphatic rings.